The van der Waals surface area contributed by atoms with Gasteiger partial charge in [-0.1, -0.05) is 13.0 Å². The van der Waals surface area contributed by atoms with Crippen molar-refractivity contribution < 1.29 is 9.72 Å². The molecule has 0 spiro atoms. The maximum atomic E-state index is 12.1. The van der Waals surface area contributed by atoms with Gasteiger partial charge in [-0.25, -0.2) is 0 Å². The Hall–Kier alpha value is -2.15. The summed E-state index contributed by atoms with van der Waals surface area (Å²) in [6.45, 7) is 6.44. The summed E-state index contributed by atoms with van der Waals surface area (Å²) in [6, 6.07) is 4.71. The van der Waals surface area contributed by atoms with E-state index in [1.165, 1.54) is 6.07 Å². The average Bonchev–Trinajstić information content (AvgIpc) is 2.46. The van der Waals surface area contributed by atoms with Gasteiger partial charge in [-0.05, 0) is 32.6 Å². The van der Waals surface area contributed by atoms with E-state index in [4.69, 9.17) is 0 Å². The van der Waals surface area contributed by atoms with Gasteiger partial charge in [0, 0.05) is 19.6 Å². The van der Waals surface area contributed by atoms with E-state index in [0.717, 1.165) is 6.54 Å². The van der Waals surface area contributed by atoms with Crippen LogP contribution in [0, 0.1) is 10.1 Å². The molecule has 2 N–H and O–H groups in total. The molecule has 1 rings (SSSR count). The van der Waals surface area contributed by atoms with Gasteiger partial charge >= 0.3 is 5.69 Å². The Balaban J connectivity index is 2.88. The molecule has 7 heteroatoms. The molecule has 116 valence electrons. The molecule has 0 unspecified atom stereocenters. The molecule has 0 saturated heterocycles. The van der Waals surface area contributed by atoms with E-state index >= 15 is 0 Å². The highest BCUT2D eigenvalue weighted by atomic mass is 16.6. The average molecular weight is 294 g/mol. The lowest BCUT2D eigenvalue weighted by molar-refractivity contribution is -0.384. The summed E-state index contributed by atoms with van der Waals surface area (Å²) in [6.07, 6.45) is 0. The predicted octanol–water partition coefficient (Wildman–Crippen LogP) is 1.71. The van der Waals surface area contributed by atoms with Crippen LogP contribution in [0.1, 0.15) is 24.2 Å². The Morgan fingerprint density at radius 1 is 1.38 bits per heavy atom. The van der Waals surface area contributed by atoms with Gasteiger partial charge in [0.15, 0.2) is 0 Å². The summed E-state index contributed by atoms with van der Waals surface area (Å²) in [5.41, 5.74) is 0.263. The molecular formula is C14H22N4O3. The third-order valence-electron chi connectivity index (χ3n) is 3.15. The number of likely N-dealkylation sites (N-methyl/N-ethyl adjacent to an activating group) is 1. The van der Waals surface area contributed by atoms with Crippen molar-refractivity contribution in [1.82, 2.24) is 10.2 Å². The molecule has 1 aromatic carbocycles. The molecule has 0 radical (unpaired) electrons. The summed E-state index contributed by atoms with van der Waals surface area (Å²) in [5.74, 6) is -0.425. The number of carbonyl (C=O) groups excluding carboxylic acids is 1. The first-order valence-electron chi connectivity index (χ1n) is 6.99. The molecule has 0 aliphatic rings. The topological polar surface area (TPSA) is 87.5 Å². The molecule has 7 nitrogen and oxygen atoms in total. The van der Waals surface area contributed by atoms with Crippen molar-refractivity contribution in [3.8, 4) is 0 Å². The number of nitro benzene ring substituents is 1. The normalized spacial score (nSPS) is 10.5. The second-order valence-corrected chi connectivity index (χ2v) is 4.64. The van der Waals surface area contributed by atoms with Gasteiger partial charge in [0.2, 0.25) is 0 Å². The lowest BCUT2D eigenvalue weighted by Gasteiger charge is -2.14. The second-order valence-electron chi connectivity index (χ2n) is 4.64. The van der Waals surface area contributed by atoms with Gasteiger partial charge in [-0.15, -0.1) is 0 Å². The van der Waals surface area contributed by atoms with Gasteiger partial charge < -0.3 is 15.5 Å². The van der Waals surface area contributed by atoms with Crippen molar-refractivity contribution >= 4 is 17.3 Å². The van der Waals surface area contributed by atoms with Crippen LogP contribution in [0.15, 0.2) is 18.2 Å². The van der Waals surface area contributed by atoms with Gasteiger partial charge in [-0.3, -0.25) is 14.9 Å². The smallest absolute Gasteiger partial charge is 0.305 e. The maximum absolute atomic E-state index is 12.1. The third kappa shape index (κ3) is 4.71. The van der Waals surface area contributed by atoms with Crippen LogP contribution >= 0.6 is 0 Å². The summed E-state index contributed by atoms with van der Waals surface area (Å²) in [5, 5.41) is 16.8. The van der Waals surface area contributed by atoms with Crippen LogP contribution < -0.4 is 10.6 Å². The maximum Gasteiger partial charge on any atom is 0.305 e. The van der Waals surface area contributed by atoms with Crippen molar-refractivity contribution in [3.05, 3.63) is 33.9 Å². The van der Waals surface area contributed by atoms with Crippen LogP contribution in [0.3, 0.4) is 0 Å². The third-order valence-corrected chi connectivity index (χ3v) is 3.15. The van der Waals surface area contributed by atoms with Crippen LogP contribution in [0.25, 0.3) is 0 Å². The van der Waals surface area contributed by atoms with Gasteiger partial charge in [-0.2, -0.15) is 0 Å². The van der Waals surface area contributed by atoms with E-state index in [0.29, 0.717) is 25.3 Å². The number of hydrogen-bond donors (Lipinski definition) is 2. The number of para-hydroxylation sites is 1. The van der Waals surface area contributed by atoms with Gasteiger partial charge in [0.1, 0.15) is 11.3 Å². The zero-order valence-corrected chi connectivity index (χ0v) is 12.7. The fraction of sp³-hybridized carbons (Fsp3) is 0.500. The lowest BCUT2D eigenvalue weighted by atomic mass is 10.1. The van der Waals surface area contributed by atoms with Crippen molar-refractivity contribution in [1.29, 1.82) is 0 Å². The number of nitrogens with one attached hydrogen (secondary N) is 2. The van der Waals surface area contributed by atoms with Crippen LogP contribution in [-0.4, -0.2) is 49.0 Å². The first-order valence-corrected chi connectivity index (χ1v) is 6.99. The van der Waals surface area contributed by atoms with Crippen LogP contribution in [0.4, 0.5) is 11.4 Å². The molecule has 1 amide bonds. The quantitative estimate of drug-likeness (QED) is 0.563. The Kier molecular flexibility index (Phi) is 6.61. The zero-order valence-electron chi connectivity index (χ0n) is 12.7. The highest BCUT2D eigenvalue weighted by Gasteiger charge is 2.23. The van der Waals surface area contributed by atoms with Gasteiger partial charge in [0.05, 0.1) is 4.92 Å². The molecule has 0 atom stereocenters. The first kappa shape index (κ1) is 16.9. The Morgan fingerprint density at radius 2 is 2.10 bits per heavy atom. The summed E-state index contributed by atoms with van der Waals surface area (Å²) in [4.78, 5) is 24.9. The minimum absolute atomic E-state index is 0.0811. The van der Waals surface area contributed by atoms with Crippen LogP contribution in [0.5, 0.6) is 0 Å². The largest absolute Gasteiger partial charge is 0.380 e. The van der Waals surface area contributed by atoms with Gasteiger partial charge in [0.25, 0.3) is 5.91 Å². The molecular weight excluding hydrogens is 272 g/mol. The van der Waals surface area contributed by atoms with Crippen LogP contribution in [0.2, 0.25) is 0 Å². The van der Waals surface area contributed by atoms with E-state index in [1.807, 2.05) is 25.8 Å². The molecule has 0 saturated carbocycles. The van der Waals surface area contributed by atoms with Crippen LogP contribution in [-0.2, 0) is 0 Å². The summed E-state index contributed by atoms with van der Waals surface area (Å²) in [7, 11) is 1.94. The van der Waals surface area contributed by atoms with Crippen molar-refractivity contribution in [2.24, 2.45) is 0 Å². The minimum atomic E-state index is -0.523. The summed E-state index contributed by atoms with van der Waals surface area (Å²) >= 11 is 0. The fourth-order valence-electron chi connectivity index (χ4n) is 1.87. The molecule has 0 aliphatic carbocycles. The molecule has 0 fully saturated rings. The molecule has 21 heavy (non-hydrogen) atoms. The SMILES string of the molecule is CCNc1cccc(C(=O)NCCN(C)CC)c1[N+](=O)[O-]. The Labute approximate surface area is 124 Å². The number of amides is 1. The lowest BCUT2D eigenvalue weighted by Crippen LogP contribution is -2.33. The fourth-order valence-corrected chi connectivity index (χ4v) is 1.87. The van der Waals surface area contributed by atoms with Crippen molar-refractivity contribution in [3.63, 3.8) is 0 Å². The number of carbonyl (C=O) groups is 1. The number of anilines is 1. The van der Waals surface area contributed by atoms with E-state index in [2.05, 4.69) is 10.6 Å². The monoisotopic (exact) mass is 294 g/mol. The van der Waals surface area contributed by atoms with Crippen molar-refractivity contribution in [2.45, 2.75) is 13.8 Å². The number of rotatable bonds is 8. The Morgan fingerprint density at radius 3 is 2.67 bits per heavy atom. The molecule has 1 aromatic rings. The molecule has 0 aromatic heterocycles. The van der Waals surface area contributed by atoms with E-state index < -0.39 is 10.8 Å². The standard InChI is InChI=1S/C14H22N4O3/c1-4-15-12-8-6-7-11(13(12)18(20)21)14(19)16-9-10-17(3)5-2/h6-8,15H,4-5,9-10H2,1-3H3,(H,16,19). The number of benzene rings is 1. The van der Waals surface area contributed by atoms with E-state index in [1.54, 1.807) is 12.1 Å². The first-order chi connectivity index (χ1) is 10.0. The Bertz CT molecular complexity index is 505. The zero-order chi connectivity index (χ0) is 15.8. The highest BCUT2D eigenvalue weighted by Crippen LogP contribution is 2.28. The van der Waals surface area contributed by atoms with Crippen molar-refractivity contribution in [2.75, 3.05) is 38.5 Å². The number of nitrogens with zero attached hydrogens (tertiary/aromatic N) is 2. The molecule has 0 aliphatic heterocycles. The molecule has 0 bridgehead atoms. The minimum Gasteiger partial charge on any atom is -0.380 e. The molecule has 0 heterocycles. The number of nitro groups is 1. The number of hydrogen-bond acceptors (Lipinski definition) is 5. The predicted molar refractivity (Wildman–Crippen MR) is 82.8 cm³/mol. The summed E-state index contributed by atoms with van der Waals surface area (Å²) < 4.78 is 0. The van der Waals surface area contributed by atoms with E-state index in [9.17, 15) is 14.9 Å². The van der Waals surface area contributed by atoms with E-state index in [-0.39, 0.29) is 11.3 Å². The highest BCUT2D eigenvalue weighted by molar-refractivity contribution is 6.00. The second kappa shape index (κ2) is 8.21.